The molecule has 6 heteroatoms. The largest absolute Gasteiger partial charge is 0.457 e. The van der Waals surface area contributed by atoms with Crippen LogP contribution in [0.25, 0.3) is 0 Å². The van der Waals surface area contributed by atoms with E-state index in [0.717, 1.165) is 22.8 Å². The fourth-order valence-corrected chi connectivity index (χ4v) is 2.91. The van der Waals surface area contributed by atoms with Gasteiger partial charge in [-0.05, 0) is 43.3 Å². The van der Waals surface area contributed by atoms with Gasteiger partial charge in [0.05, 0.1) is 0 Å². The second kappa shape index (κ2) is 7.14. The highest BCUT2D eigenvalue weighted by molar-refractivity contribution is 7.07. The van der Waals surface area contributed by atoms with Crippen LogP contribution in [0.1, 0.15) is 5.69 Å². The normalized spacial score (nSPS) is 10.4. The smallest absolute Gasteiger partial charge is 0.307 e. The number of para-hydroxylation sites is 1. The molecule has 0 fully saturated rings. The lowest BCUT2D eigenvalue weighted by Crippen LogP contribution is -2.25. The number of anilines is 1. The van der Waals surface area contributed by atoms with Gasteiger partial charge in [-0.15, -0.1) is 0 Å². The molecule has 122 valence electrons. The number of amides is 1. The third-order valence-electron chi connectivity index (χ3n) is 3.40. The van der Waals surface area contributed by atoms with Crippen molar-refractivity contribution in [2.24, 2.45) is 0 Å². The van der Waals surface area contributed by atoms with E-state index in [1.807, 2.05) is 30.3 Å². The lowest BCUT2D eigenvalue weighted by atomic mass is 10.3. The Kier molecular flexibility index (Phi) is 4.77. The van der Waals surface area contributed by atoms with Crippen LogP contribution in [0, 0.1) is 6.92 Å². The lowest BCUT2D eigenvalue weighted by molar-refractivity contribution is -0.116. The van der Waals surface area contributed by atoms with Crippen LogP contribution in [-0.2, 0) is 11.3 Å². The Morgan fingerprint density at radius 3 is 2.38 bits per heavy atom. The van der Waals surface area contributed by atoms with Crippen molar-refractivity contribution >= 4 is 22.9 Å². The quantitative estimate of drug-likeness (QED) is 0.771. The van der Waals surface area contributed by atoms with Gasteiger partial charge in [-0.1, -0.05) is 29.5 Å². The fourth-order valence-electron chi connectivity index (χ4n) is 2.17. The standard InChI is InChI=1S/C18H16N2O3S/c1-13-12-24-18(22)20(13)11-17(21)19-14-7-9-16(10-8-14)23-15-5-3-2-4-6-15/h2-10,12H,11H2,1H3,(H,19,21). The molecular formula is C18H16N2O3S. The predicted octanol–water partition coefficient (Wildman–Crippen LogP) is 3.65. The van der Waals surface area contributed by atoms with Crippen molar-refractivity contribution in [2.45, 2.75) is 13.5 Å². The average Bonchev–Trinajstić information content (AvgIpc) is 2.89. The summed E-state index contributed by atoms with van der Waals surface area (Å²) in [5, 5.41) is 4.52. The summed E-state index contributed by atoms with van der Waals surface area (Å²) < 4.78 is 7.15. The van der Waals surface area contributed by atoms with E-state index < -0.39 is 0 Å². The van der Waals surface area contributed by atoms with E-state index in [0.29, 0.717) is 11.4 Å². The summed E-state index contributed by atoms with van der Waals surface area (Å²) in [7, 11) is 0. The number of carbonyl (C=O) groups excluding carboxylic acids is 1. The highest BCUT2D eigenvalue weighted by Crippen LogP contribution is 2.22. The van der Waals surface area contributed by atoms with Crippen LogP contribution >= 0.6 is 11.3 Å². The summed E-state index contributed by atoms with van der Waals surface area (Å²) in [6.07, 6.45) is 0. The second-order valence-electron chi connectivity index (χ2n) is 5.22. The molecule has 1 heterocycles. The van der Waals surface area contributed by atoms with Gasteiger partial charge in [0.2, 0.25) is 5.91 Å². The number of rotatable bonds is 5. The highest BCUT2D eigenvalue weighted by atomic mass is 32.1. The first kappa shape index (κ1) is 16.0. The molecule has 0 aliphatic heterocycles. The lowest BCUT2D eigenvalue weighted by Gasteiger charge is -2.09. The molecule has 0 saturated heterocycles. The van der Waals surface area contributed by atoms with Gasteiger partial charge in [0.15, 0.2) is 0 Å². The second-order valence-corrected chi connectivity index (χ2v) is 6.04. The zero-order valence-electron chi connectivity index (χ0n) is 13.1. The van der Waals surface area contributed by atoms with Crippen molar-refractivity contribution < 1.29 is 9.53 Å². The first-order valence-corrected chi connectivity index (χ1v) is 8.27. The van der Waals surface area contributed by atoms with Crippen LogP contribution in [0.5, 0.6) is 11.5 Å². The molecule has 0 saturated carbocycles. The summed E-state index contributed by atoms with van der Waals surface area (Å²) in [5.41, 5.74) is 1.44. The molecule has 24 heavy (non-hydrogen) atoms. The molecule has 1 aromatic heterocycles. The van der Waals surface area contributed by atoms with Crippen LogP contribution < -0.4 is 14.9 Å². The monoisotopic (exact) mass is 340 g/mol. The zero-order chi connectivity index (χ0) is 16.9. The maximum Gasteiger partial charge on any atom is 0.307 e. The Morgan fingerprint density at radius 1 is 1.08 bits per heavy atom. The van der Waals surface area contributed by atoms with E-state index in [4.69, 9.17) is 4.74 Å². The third-order valence-corrected chi connectivity index (χ3v) is 4.28. The number of hydrogen-bond donors (Lipinski definition) is 1. The maximum absolute atomic E-state index is 12.1. The van der Waals surface area contributed by atoms with Crippen molar-refractivity contribution in [3.05, 3.63) is 75.3 Å². The Morgan fingerprint density at radius 2 is 1.75 bits per heavy atom. The fraction of sp³-hybridized carbons (Fsp3) is 0.111. The van der Waals surface area contributed by atoms with E-state index in [1.54, 1.807) is 36.6 Å². The van der Waals surface area contributed by atoms with Gasteiger partial charge in [-0.2, -0.15) is 0 Å². The van der Waals surface area contributed by atoms with E-state index in [-0.39, 0.29) is 17.3 Å². The molecule has 0 aliphatic rings. The number of hydrogen-bond acceptors (Lipinski definition) is 4. The molecule has 0 unspecified atom stereocenters. The van der Waals surface area contributed by atoms with E-state index >= 15 is 0 Å². The van der Waals surface area contributed by atoms with Crippen LogP contribution in [0.15, 0.2) is 64.8 Å². The van der Waals surface area contributed by atoms with Gasteiger partial charge < -0.3 is 10.1 Å². The predicted molar refractivity (Wildman–Crippen MR) is 94.9 cm³/mol. The van der Waals surface area contributed by atoms with Crippen molar-refractivity contribution in [2.75, 3.05) is 5.32 Å². The van der Waals surface area contributed by atoms with Crippen LogP contribution in [-0.4, -0.2) is 10.5 Å². The SMILES string of the molecule is Cc1csc(=O)n1CC(=O)Nc1ccc(Oc2ccccc2)cc1. The summed E-state index contributed by atoms with van der Waals surface area (Å²) in [6, 6.07) is 16.6. The Bertz CT molecular complexity index is 883. The van der Waals surface area contributed by atoms with Crippen LogP contribution in [0.4, 0.5) is 5.69 Å². The molecule has 2 aromatic carbocycles. The number of nitrogens with one attached hydrogen (secondary N) is 1. The number of thiazole rings is 1. The van der Waals surface area contributed by atoms with Gasteiger partial charge in [0.25, 0.3) is 0 Å². The molecule has 3 rings (SSSR count). The highest BCUT2D eigenvalue weighted by Gasteiger charge is 2.08. The molecule has 1 amide bonds. The van der Waals surface area contributed by atoms with Crippen LogP contribution in [0.3, 0.4) is 0 Å². The molecule has 0 radical (unpaired) electrons. The minimum Gasteiger partial charge on any atom is -0.457 e. The number of benzene rings is 2. The van der Waals surface area contributed by atoms with Gasteiger partial charge >= 0.3 is 4.87 Å². The zero-order valence-corrected chi connectivity index (χ0v) is 13.9. The Labute approximate surface area is 143 Å². The average molecular weight is 340 g/mol. The number of nitrogens with zero attached hydrogens (tertiary/aromatic N) is 1. The van der Waals surface area contributed by atoms with Gasteiger partial charge in [0, 0.05) is 16.8 Å². The Hall–Kier alpha value is -2.86. The maximum atomic E-state index is 12.1. The molecule has 0 aliphatic carbocycles. The first-order chi connectivity index (χ1) is 11.6. The summed E-state index contributed by atoms with van der Waals surface area (Å²) in [6.45, 7) is 1.82. The van der Waals surface area contributed by atoms with E-state index in [2.05, 4.69) is 5.32 Å². The van der Waals surface area contributed by atoms with E-state index in [9.17, 15) is 9.59 Å². The molecule has 0 atom stereocenters. The van der Waals surface area contributed by atoms with E-state index in [1.165, 1.54) is 4.57 Å². The summed E-state index contributed by atoms with van der Waals surface area (Å²) in [5.74, 6) is 1.20. The molecule has 3 aromatic rings. The van der Waals surface area contributed by atoms with Crippen LogP contribution in [0.2, 0.25) is 0 Å². The third kappa shape index (κ3) is 3.91. The molecule has 0 bridgehead atoms. The van der Waals surface area contributed by atoms with Gasteiger partial charge in [-0.25, -0.2) is 0 Å². The number of carbonyl (C=O) groups is 1. The Balaban J connectivity index is 1.62. The number of aryl methyl sites for hydroxylation is 1. The van der Waals surface area contributed by atoms with Crippen molar-refractivity contribution in [1.29, 1.82) is 0 Å². The summed E-state index contributed by atoms with van der Waals surface area (Å²) in [4.78, 5) is 23.6. The van der Waals surface area contributed by atoms with Gasteiger partial charge in [-0.3, -0.25) is 14.2 Å². The minimum absolute atomic E-state index is 0.0104. The minimum atomic E-state index is -0.240. The first-order valence-electron chi connectivity index (χ1n) is 7.39. The van der Waals surface area contributed by atoms with Crippen molar-refractivity contribution in [1.82, 2.24) is 4.57 Å². The summed E-state index contributed by atoms with van der Waals surface area (Å²) >= 11 is 1.09. The van der Waals surface area contributed by atoms with Crippen molar-refractivity contribution in [3.63, 3.8) is 0 Å². The number of aromatic nitrogens is 1. The molecule has 5 nitrogen and oxygen atoms in total. The number of ether oxygens (including phenoxy) is 1. The van der Waals surface area contributed by atoms with Gasteiger partial charge in [0.1, 0.15) is 18.0 Å². The molecular weight excluding hydrogens is 324 g/mol. The topological polar surface area (TPSA) is 60.3 Å². The van der Waals surface area contributed by atoms with Crippen molar-refractivity contribution in [3.8, 4) is 11.5 Å². The molecule has 0 spiro atoms. The molecule has 1 N–H and O–H groups in total.